The fourth-order valence-electron chi connectivity index (χ4n) is 2.22. The maximum absolute atomic E-state index is 11.6. The molecule has 0 saturated heterocycles. The zero-order chi connectivity index (χ0) is 14.8. The van der Waals surface area contributed by atoms with E-state index in [1.54, 1.807) is 0 Å². The van der Waals surface area contributed by atoms with Crippen LogP contribution in [0.3, 0.4) is 0 Å². The number of carbonyl (C=O) groups excluding carboxylic acids is 1. The van der Waals surface area contributed by atoms with Gasteiger partial charge in [0.05, 0.1) is 16.7 Å². The molecular formula is C15H15ClN4O. The summed E-state index contributed by atoms with van der Waals surface area (Å²) in [5, 5.41) is 2.81. The lowest BCUT2D eigenvalue weighted by Crippen LogP contribution is -2.11. The molecular weight excluding hydrogens is 288 g/mol. The first-order chi connectivity index (χ1) is 10.2. The molecule has 0 aliphatic rings. The molecule has 1 amide bonds. The molecule has 108 valence electrons. The molecule has 0 fully saturated rings. The van der Waals surface area contributed by atoms with Gasteiger partial charge in [0.25, 0.3) is 0 Å². The summed E-state index contributed by atoms with van der Waals surface area (Å²) in [5.41, 5.74) is 3.48. The molecule has 2 heterocycles. The van der Waals surface area contributed by atoms with E-state index in [0.29, 0.717) is 12.3 Å². The Morgan fingerprint density at radius 1 is 1.43 bits per heavy atom. The summed E-state index contributed by atoms with van der Waals surface area (Å²) >= 11 is 5.55. The van der Waals surface area contributed by atoms with Crippen molar-refractivity contribution in [2.75, 3.05) is 11.2 Å². The molecule has 0 aliphatic heterocycles. The Morgan fingerprint density at radius 3 is 3.00 bits per heavy atom. The van der Waals surface area contributed by atoms with E-state index < -0.39 is 0 Å². The van der Waals surface area contributed by atoms with Gasteiger partial charge in [-0.25, -0.2) is 4.98 Å². The summed E-state index contributed by atoms with van der Waals surface area (Å²) in [4.78, 5) is 19.4. The number of benzene rings is 1. The minimum Gasteiger partial charge on any atom is -0.348 e. The van der Waals surface area contributed by atoms with Crippen LogP contribution in [0.15, 0.2) is 36.5 Å². The predicted molar refractivity (Wildman–Crippen MR) is 84.5 cm³/mol. The molecule has 0 radical (unpaired) electrons. The Labute approximate surface area is 126 Å². The largest absolute Gasteiger partial charge is 0.348 e. The fourth-order valence-corrected chi connectivity index (χ4v) is 2.39. The second-order valence-corrected chi connectivity index (χ2v) is 5.19. The Morgan fingerprint density at radius 2 is 2.29 bits per heavy atom. The lowest BCUT2D eigenvalue weighted by Gasteiger charge is -2.02. The van der Waals surface area contributed by atoms with E-state index in [-0.39, 0.29) is 5.91 Å². The average molecular weight is 303 g/mol. The van der Waals surface area contributed by atoms with E-state index in [9.17, 15) is 4.79 Å². The highest BCUT2D eigenvalue weighted by molar-refractivity contribution is 6.19. The van der Waals surface area contributed by atoms with Gasteiger partial charge in [0.1, 0.15) is 0 Å². The lowest BCUT2D eigenvalue weighted by atomic mass is 10.2. The van der Waals surface area contributed by atoms with E-state index in [0.717, 1.165) is 28.2 Å². The topological polar surface area (TPSA) is 62.7 Å². The molecule has 6 heteroatoms. The van der Waals surface area contributed by atoms with Gasteiger partial charge in [0.15, 0.2) is 5.82 Å². The molecule has 0 bridgehead atoms. The summed E-state index contributed by atoms with van der Waals surface area (Å²) in [6, 6.07) is 9.58. The van der Waals surface area contributed by atoms with Crippen molar-refractivity contribution < 1.29 is 4.79 Å². The van der Waals surface area contributed by atoms with E-state index >= 15 is 0 Å². The fraction of sp³-hybridized carbons (Fsp3) is 0.200. The van der Waals surface area contributed by atoms with Crippen molar-refractivity contribution in [3.05, 3.63) is 36.5 Å². The number of H-pyrrole nitrogens is 1. The van der Waals surface area contributed by atoms with Crippen LogP contribution in [0.1, 0.15) is 6.42 Å². The average Bonchev–Trinajstić information content (AvgIpc) is 3.04. The summed E-state index contributed by atoms with van der Waals surface area (Å²) < 4.78 is 2.00. The zero-order valence-corrected chi connectivity index (χ0v) is 12.3. The number of aromatic nitrogens is 3. The highest BCUT2D eigenvalue weighted by atomic mass is 35.5. The molecule has 2 N–H and O–H groups in total. The highest BCUT2D eigenvalue weighted by Gasteiger charge is 2.09. The molecule has 3 rings (SSSR count). The minimum atomic E-state index is -0.0949. The minimum absolute atomic E-state index is 0.0949. The van der Waals surface area contributed by atoms with Gasteiger partial charge < -0.3 is 14.9 Å². The summed E-state index contributed by atoms with van der Waals surface area (Å²) in [5.74, 6) is 1.03. The van der Waals surface area contributed by atoms with Crippen molar-refractivity contribution in [1.29, 1.82) is 0 Å². The van der Waals surface area contributed by atoms with Gasteiger partial charge in [-0.1, -0.05) is 0 Å². The lowest BCUT2D eigenvalue weighted by molar-refractivity contribution is -0.115. The Hall–Kier alpha value is -2.27. The molecule has 0 atom stereocenters. The maximum Gasteiger partial charge on any atom is 0.225 e. The highest BCUT2D eigenvalue weighted by Crippen LogP contribution is 2.23. The predicted octanol–water partition coefficient (Wildman–Crippen LogP) is 3.14. The van der Waals surface area contributed by atoms with Crippen LogP contribution in [-0.2, 0) is 11.8 Å². The monoisotopic (exact) mass is 302 g/mol. The first kappa shape index (κ1) is 13.7. The number of carbonyl (C=O) groups is 1. The standard InChI is InChI=1S/C15H15ClN4O/c1-20-8-2-3-13(20)15-18-11-5-4-10(9-12(11)19-15)17-14(21)6-7-16/h2-5,8-9H,6-7H2,1H3,(H,17,21)(H,18,19). The molecule has 3 aromatic rings. The summed E-state index contributed by atoms with van der Waals surface area (Å²) in [7, 11) is 1.97. The number of rotatable bonds is 4. The first-order valence-electron chi connectivity index (χ1n) is 6.64. The van der Waals surface area contributed by atoms with Crippen LogP contribution in [-0.4, -0.2) is 26.3 Å². The quantitative estimate of drug-likeness (QED) is 0.727. The van der Waals surface area contributed by atoms with Crippen molar-refractivity contribution in [1.82, 2.24) is 14.5 Å². The van der Waals surface area contributed by atoms with Crippen molar-refractivity contribution >= 4 is 34.2 Å². The molecule has 0 saturated carbocycles. The summed E-state index contributed by atoms with van der Waals surface area (Å²) in [6.07, 6.45) is 2.27. The number of fused-ring (bicyclic) bond motifs is 1. The first-order valence-corrected chi connectivity index (χ1v) is 7.18. The molecule has 0 unspecified atom stereocenters. The number of imidazole rings is 1. The molecule has 5 nitrogen and oxygen atoms in total. The van der Waals surface area contributed by atoms with Crippen LogP contribution >= 0.6 is 11.6 Å². The Balaban J connectivity index is 1.92. The van der Waals surface area contributed by atoms with Gasteiger partial charge in [-0.3, -0.25) is 4.79 Å². The van der Waals surface area contributed by atoms with Crippen LogP contribution < -0.4 is 5.32 Å². The number of hydrogen-bond donors (Lipinski definition) is 2. The van der Waals surface area contributed by atoms with Gasteiger partial charge in [0.2, 0.25) is 5.91 Å². The van der Waals surface area contributed by atoms with Gasteiger partial charge in [-0.15, -0.1) is 11.6 Å². The van der Waals surface area contributed by atoms with Gasteiger partial charge in [-0.2, -0.15) is 0 Å². The van der Waals surface area contributed by atoms with E-state index in [2.05, 4.69) is 15.3 Å². The molecule has 21 heavy (non-hydrogen) atoms. The van der Waals surface area contributed by atoms with E-state index in [1.165, 1.54) is 0 Å². The number of alkyl halides is 1. The van der Waals surface area contributed by atoms with Gasteiger partial charge >= 0.3 is 0 Å². The van der Waals surface area contributed by atoms with Crippen molar-refractivity contribution in [2.45, 2.75) is 6.42 Å². The number of nitrogens with one attached hydrogen (secondary N) is 2. The number of halogens is 1. The number of anilines is 1. The number of aryl methyl sites for hydroxylation is 1. The van der Waals surface area contributed by atoms with Crippen LogP contribution in [0, 0.1) is 0 Å². The number of amides is 1. The van der Waals surface area contributed by atoms with Gasteiger partial charge in [0, 0.05) is 31.2 Å². The number of nitrogens with zero attached hydrogens (tertiary/aromatic N) is 2. The number of hydrogen-bond acceptors (Lipinski definition) is 2. The van der Waals surface area contributed by atoms with E-state index in [1.807, 2.05) is 48.1 Å². The Bertz CT molecular complexity index is 790. The normalized spacial score (nSPS) is 11.0. The maximum atomic E-state index is 11.6. The van der Waals surface area contributed by atoms with Crippen molar-refractivity contribution in [3.63, 3.8) is 0 Å². The Kier molecular flexibility index (Phi) is 3.66. The molecule has 0 aliphatic carbocycles. The third kappa shape index (κ3) is 2.78. The van der Waals surface area contributed by atoms with Crippen molar-refractivity contribution in [3.8, 4) is 11.5 Å². The molecule has 2 aromatic heterocycles. The van der Waals surface area contributed by atoms with Crippen LogP contribution in [0.5, 0.6) is 0 Å². The smallest absolute Gasteiger partial charge is 0.225 e. The zero-order valence-electron chi connectivity index (χ0n) is 11.6. The van der Waals surface area contributed by atoms with Gasteiger partial charge in [-0.05, 0) is 30.3 Å². The second-order valence-electron chi connectivity index (χ2n) is 4.81. The number of aromatic amines is 1. The van der Waals surface area contributed by atoms with Crippen LogP contribution in [0.25, 0.3) is 22.6 Å². The van der Waals surface area contributed by atoms with Crippen LogP contribution in [0.4, 0.5) is 5.69 Å². The third-order valence-electron chi connectivity index (χ3n) is 3.27. The molecule has 1 aromatic carbocycles. The van der Waals surface area contributed by atoms with Crippen LogP contribution in [0.2, 0.25) is 0 Å². The third-order valence-corrected chi connectivity index (χ3v) is 3.46. The summed E-state index contributed by atoms with van der Waals surface area (Å²) in [6.45, 7) is 0. The SMILES string of the molecule is Cn1cccc1-c1nc2cc(NC(=O)CCCl)ccc2[nH]1. The van der Waals surface area contributed by atoms with E-state index in [4.69, 9.17) is 11.6 Å². The molecule has 0 spiro atoms. The van der Waals surface area contributed by atoms with Crippen molar-refractivity contribution in [2.24, 2.45) is 7.05 Å². The second kappa shape index (κ2) is 5.61.